The van der Waals surface area contributed by atoms with Crippen molar-refractivity contribution >= 4 is 5.97 Å². The summed E-state index contributed by atoms with van der Waals surface area (Å²) in [6.07, 6.45) is 2.35. The van der Waals surface area contributed by atoms with Gasteiger partial charge in [-0.1, -0.05) is 0 Å². The van der Waals surface area contributed by atoms with Crippen molar-refractivity contribution in [3.8, 4) is 0 Å². The fourth-order valence-corrected chi connectivity index (χ4v) is 1.93. The van der Waals surface area contributed by atoms with E-state index < -0.39 is 17.2 Å². The molecule has 1 aromatic heterocycles. The number of carbonyl (C=O) groups excluding carboxylic acids is 1. The molecule has 2 rings (SSSR count). The van der Waals surface area contributed by atoms with Crippen LogP contribution in [0.4, 0.5) is 0 Å². The zero-order chi connectivity index (χ0) is 13.0. The Morgan fingerprint density at radius 2 is 2.00 bits per heavy atom. The summed E-state index contributed by atoms with van der Waals surface area (Å²) in [6, 6.07) is 1.01. The second kappa shape index (κ2) is 5.63. The van der Waals surface area contributed by atoms with Crippen LogP contribution in [0.3, 0.4) is 0 Å². The van der Waals surface area contributed by atoms with Crippen molar-refractivity contribution in [2.24, 2.45) is 0 Å². The monoisotopic (exact) mass is 253 g/mol. The molecule has 2 N–H and O–H groups in total. The molecule has 7 heteroatoms. The molecular weight excluding hydrogens is 238 g/mol. The highest BCUT2D eigenvalue weighted by Gasteiger charge is 2.13. The maximum atomic E-state index is 11.6. The number of nitrogens with one attached hydrogen (secondary N) is 2. The quantitative estimate of drug-likeness (QED) is 0.693. The van der Waals surface area contributed by atoms with E-state index in [2.05, 4.69) is 9.88 Å². The summed E-state index contributed by atoms with van der Waals surface area (Å²) in [7, 11) is 0. The van der Waals surface area contributed by atoms with Crippen LogP contribution in [0.25, 0.3) is 0 Å². The maximum Gasteiger partial charge on any atom is 0.355 e. The smallest absolute Gasteiger partial charge is 0.355 e. The second-order valence-corrected chi connectivity index (χ2v) is 4.19. The fraction of sp³-hybridized carbons (Fsp3) is 0.545. The first-order valence-corrected chi connectivity index (χ1v) is 5.88. The standard InChI is InChI=1S/C11H15N3O4/c15-9-7-8(12-11(17)13-9)10(16)18-6-5-14-3-1-2-4-14/h7H,1-6H2,(H2,12,13,15,17). The Labute approximate surface area is 103 Å². The van der Waals surface area contributed by atoms with Crippen LogP contribution in [0.1, 0.15) is 23.3 Å². The first-order chi connectivity index (χ1) is 8.65. The van der Waals surface area contributed by atoms with E-state index in [4.69, 9.17) is 4.74 Å². The zero-order valence-corrected chi connectivity index (χ0v) is 9.90. The Hall–Kier alpha value is -1.89. The average molecular weight is 253 g/mol. The summed E-state index contributed by atoms with van der Waals surface area (Å²) in [4.78, 5) is 40.0. The number of likely N-dealkylation sites (tertiary alicyclic amines) is 1. The number of esters is 1. The first kappa shape index (κ1) is 12.6. The number of rotatable bonds is 4. The topological polar surface area (TPSA) is 95.3 Å². The highest BCUT2D eigenvalue weighted by atomic mass is 16.5. The van der Waals surface area contributed by atoms with Crippen molar-refractivity contribution in [3.63, 3.8) is 0 Å². The van der Waals surface area contributed by atoms with Gasteiger partial charge in [-0.05, 0) is 25.9 Å². The molecule has 0 spiro atoms. The number of aromatic amines is 2. The van der Waals surface area contributed by atoms with Gasteiger partial charge in [0.2, 0.25) is 0 Å². The average Bonchev–Trinajstić information content (AvgIpc) is 2.80. The highest BCUT2D eigenvalue weighted by Crippen LogP contribution is 2.06. The molecule has 0 saturated carbocycles. The molecule has 0 bridgehead atoms. The van der Waals surface area contributed by atoms with Crippen LogP contribution in [-0.2, 0) is 4.74 Å². The number of aromatic nitrogens is 2. The minimum Gasteiger partial charge on any atom is -0.460 e. The molecule has 1 fully saturated rings. The lowest BCUT2D eigenvalue weighted by Crippen LogP contribution is -2.28. The van der Waals surface area contributed by atoms with E-state index in [1.54, 1.807) is 0 Å². The van der Waals surface area contributed by atoms with Crippen molar-refractivity contribution in [2.75, 3.05) is 26.2 Å². The molecule has 0 atom stereocenters. The van der Waals surface area contributed by atoms with Gasteiger partial charge < -0.3 is 9.72 Å². The Balaban J connectivity index is 1.87. The molecule has 1 saturated heterocycles. The fourth-order valence-electron chi connectivity index (χ4n) is 1.93. The number of hydrogen-bond donors (Lipinski definition) is 2. The lowest BCUT2D eigenvalue weighted by atomic mass is 10.4. The van der Waals surface area contributed by atoms with Gasteiger partial charge in [0, 0.05) is 12.6 Å². The third-order valence-corrected chi connectivity index (χ3v) is 2.82. The third-order valence-electron chi connectivity index (χ3n) is 2.82. The van der Waals surface area contributed by atoms with E-state index in [9.17, 15) is 14.4 Å². The van der Waals surface area contributed by atoms with E-state index in [0.717, 1.165) is 19.2 Å². The van der Waals surface area contributed by atoms with Gasteiger partial charge in [0.05, 0.1) is 0 Å². The molecule has 2 heterocycles. The molecule has 0 amide bonds. The van der Waals surface area contributed by atoms with Gasteiger partial charge in [-0.15, -0.1) is 0 Å². The van der Waals surface area contributed by atoms with Gasteiger partial charge in [0.1, 0.15) is 12.3 Å². The summed E-state index contributed by atoms with van der Waals surface area (Å²) < 4.78 is 5.00. The molecule has 1 aliphatic rings. The third kappa shape index (κ3) is 3.30. The van der Waals surface area contributed by atoms with E-state index in [1.165, 1.54) is 12.8 Å². The molecule has 0 unspecified atom stereocenters. The minimum atomic E-state index is -0.714. The van der Waals surface area contributed by atoms with Crippen molar-refractivity contribution in [1.29, 1.82) is 0 Å². The van der Waals surface area contributed by atoms with Gasteiger partial charge in [-0.2, -0.15) is 0 Å². The molecule has 7 nitrogen and oxygen atoms in total. The number of nitrogens with zero attached hydrogens (tertiary/aromatic N) is 1. The van der Waals surface area contributed by atoms with E-state index in [0.29, 0.717) is 6.54 Å². The number of carbonyl (C=O) groups is 1. The largest absolute Gasteiger partial charge is 0.460 e. The van der Waals surface area contributed by atoms with E-state index in [-0.39, 0.29) is 12.3 Å². The lowest BCUT2D eigenvalue weighted by molar-refractivity contribution is 0.0464. The van der Waals surface area contributed by atoms with Crippen LogP contribution < -0.4 is 11.2 Å². The van der Waals surface area contributed by atoms with E-state index in [1.807, 2.05) is 4.98 Å². The minimum absolute atomic E-state index is 0.120. The number of ether oxygens (including phenoxy) is 1. The first-order valence-electron chi connectivity index (χ1n) is 5.88. The van der Waals surface area contributed by atoms with Crippen LogP contribution in [0, 0.1) is 0 Å². The SMILES string of the molecule is O=C(OCCN1CCCC1)c1cc(=O)[nH]c(=O)[nH]1. The Morgan fingerprint density at radius 3 is 2.67 bits per heavy atom. The Bertz CT molecular complexity index is 499. The van der Waals surface area contributed by atoms with Gasteiger partial charge >= 0.3 is 11.7 Å². The van der Waals surface area contributed by atoms with E-state index >= 15 is 0 Å². The second-order valence-electron chi connectivity index (χ2n) is 4.19. The van der Waals surface area contributed by atoms with Crippen LogP contribution in [0.2, 0.25) is 0 Å². The van der Waals surface area contributed by atoms with Gasteiger partial charge in [0.15, 0.2) is 0 Å². The van der Waals surface area contributed by atoms with Crippen LogP contribution in [0.5, 0.6) is 0 Å². The van der Waals surface area contributed by atoms with Crippen LogP contribution in [0.15, 0.2) is 15.7 Å². The van der Waals surface area contributed by atoms with Crippen molar-refractivity contribution in [3.05, 3.63) is 32.6 Å². The summed E-state index contributed by atoms with van der Waals surface area (Å²) in [5, 5.41) is 0. The molecule has 0 radical (unpaired) electrons. The molecule has 0 aromatic carbocycles. The van der Waals surface area contributed by atoms with Crippen molar-refractivity contribution < 1.29 is 9.53 Å². The molecule has 1 aromatic rings. The Kier molecular flexibility index (Phi) is 3.93. The summed E-state index contributed by atoms with van der Waals surface area (Å²) >= 11 is 0. The molecule has 0 aliphatic carbocycles. The summed E-state index contributed by atoms with van der Waals surface area (Å²) in [5.74, 6) is -0.683. The summed E-state index contributed by atoms with van der Waals surface area (Å²) in [6.45, 7) is 2.99. The molecule has 1 aliphatic heterocycles. The predicted octanol–water partition coefficient (Wildman–Crippen LogP) is -0.684. The van der Waals surface area contributed by atoms with Crippen LogP contribution >= 0.6 is 0 Å². The van der Waals surface area contributed by atoms with Crippen molar-refractivity contribution in [2.45, 2.75) is 12.8 Å². The van der Waals surface area contributed by atoms with Crippen molar-refractivity contribution in [1.82, 2.24) is 14.9 Å². The number of hydrogen-bond acceptors (Lipinski definition) is 5. The Morgan fingerprint density at radius 1 is 1.28 bits per heavy atom. The molecule has 18 heavy (non-hydrogen) atoms. The zero-order valence-electron chi connectivity index (χ0n) is 9.90. The number of H-pyrrole nitrogens is 2. The highest BCUT2D eigenvalue weighted by molar-refractivity contribution is 5.86. The van der Waals surface area contributed by atoms with Crippen LogP contribution in [-0.4, -0.2) is 47.1 Å². The predicted molar refractivity (Wildman–Crippen MR) is 63.6 cm³/mol. The van der Waals surface area contributed by atoms with Gasteiger partial charge in [-0.25, -0.2) is 9.59 Å². The normalized spacial score (nSPS) is 15.8. The molecular formula is C11H15N3O4. The van der Waals surface area contributed by atoms with Gasteiger partial charge in [-0.3, -0.25) is 14.7 Å². The summed E-state index contributed by atoms with van der Waals surface area (Å²) in [5.41, 5.74) is -1.45. The lowest BCUT2D eigenvalue weighted by Gasteiger charge is -2.13. The molecule has 98 valence electrons. The maximum absolute atomic E-state index is 11.6. The van der Waals surface area contributed by atoms with Gasteiger partial charge in [0.25, 0.3) is 5.56 Å².